The van der Waals surface area contributed by atoms with E-state index in [1.54, 1.807) is 0 Å². The highest BCUT2D eigenvalue weighted by Crippen LogP contribution is 2.44. The highest BCUT2D eigenvalue weighted by atomic mass is 35.5. The van der Waals surface area contributed by atoms with Crippen molar-refractivity contribution in [1.29, 1.82) is 0 Å². The van der Waals surface area contributed by atoms with Crippen LogP contribution in [0.25, 0.3) is 22.6 Å². The van der Waals surface area contributed by atoms with Gasteiger partial charge in [-0.05, 0) is 65.1 Å². The van der Waals surface area contributed by atoms with Crippen LogP contribution in [0.4, 0.5) is 0 Å². The summed E-state index contributed by atoms with van der Waals surface area (Å²) in [4.78, 5) is 17.1. The molecule has 0 radical (unpaired) electrons. The van der Waals surface area contributed by atoms with Crippen molar-refractivity contribution in [3.8, 4) is 0 Å². The first-order valence-electron chi connectivity index (χ1n) is 9.83. The largest absolute Gasteiger partial charge is 0.545 e. The summed E-state index contributed by atoms with van der Waals surface area (Å²) in [5.74, 6) is -0.849. The topological polar surface area (TPSA) is 53.0 Å². The van der Waals surface area contributed by atoms with Gasteiger partial charge in [0.1, 0.15) is 0 Å². The lowest BCUT2D eigenvalue weighted by atomic mass is 9.69. The highest BCUT2D eigenvalue weighted by Gasteiger charge is 2.34. The third kappa shape index (κ3) is 3.79. The molecule has 4 rings (SSSR count). The first-order valence-corrected chi connectivity index (χ1v) is 10.2. The van der Waals surface area contributed by atoms with Gasteiger partial charge >= 0.3 is 0 Å². The van der Waals surface area contributed by atoms with Crippen molar-refractivity contribution >= 4 is 40.1 Å². The Hall–Kier alpha value is -2.65. The molecule has 0 unspecified atom stereocenters. The van der Waals surface area contributed by atoms with Crippen LogP contribution in [0.3, 0.4) is 0 Å². The van der Waals surface area contributed by atoms with Gasteiger partial charge < -0.3 is 9.90 Å². The molecule has 2 aromatic carbocycles. The molecular weight excluding hydrogens is 382 g/mol. The lowest BCUT2D eigenvalue weighted by Gasteiger charge is -2.37. The van der Waals surface area contributed by atoms with E-state index in [4.69, 9.17) is 16.6 Å². The van der Waals surface area contributed by atoms with E-state index in [2.05, 4.69) is 26.8 Å². The van der Waals surface area contributed by atoms with Crippen LogP contribution in [0.2, 0.25) is 5.02 Å². The van der Waals surface area contributed by atoms with Gasteiger partial charge in [0.05, 0.1) is 17.2 Å². The zero-order valence-electron chi connectivity index (χ0n) is 16.8. The number of hydrogen-bond acceptors (Lipinski definition) is 3. The molecule has 3 aromatic rings. The zero-order chi connectivity index (χ0) is 20.8. The normalized spacial score (nSPS) is 18.1. The maximum Gasteiger partial charge on any atom is 0.0725 e. The van der Waals surface area contributed by atoms with Gasteiger partial charge in [-0.1, -0.05) is 62.7 Å². The number of aromatic carboxylic acids is 1. The number of aromatic nitrogens is 1. The van der Waals surface area contributed by atoms with Crippen LogP contribution in [0, 0.1) is 11.3 Å². The minimum atomic E-state index is -1.14. The zero-order valence-corrected chi connectivity index (χ0v) is 17.6. The monoisotopic (exact) mass is 404 g/mol. The number of nitrogens with zero attached hydrogens (tertiary/aromatic N) is 1. The molecule has 29 heavy (non-hydrogen) atoms. The van der Waals surface area contributed by atoms with E-state index in [-0.39, 0.29) is 11.0 Å². The highest BCUT2D eigenvalue weighted by molar-refractivity contribution is 6.30. The summed E-state index contributed by atoms with van der Waals surface area (Å²) < 4.78 is 0. The van der Waals surface area contributed by atoms with Gasteiger partial charge in [0.2, 0.25) is 0 Å². The van der Waals surface area contributed by atoms with Gasteiger partial charge in [-0.15, -0.1) is 0 Å². The molecule has 4 heteroatoms. The Morgan fingerprint density at radius 3 is 2.59 bits per heavy atom. The molecule has 1 aliphatic carbocycles. The molecular formula is C25H23ClNO2-. The minimum Gasteiger partial charge on any atom is -0.545 e. The average molecular weight is 405 g/mol. The molecule has 3 nitrogen and oxygen atoms in total. The van der Waals surface area contributed by atoms with Crippen LogP contribution in [0.5, 0.6) is 0 Å². The summed E-state index contributed by atoms with van der Waals surface area (Å²) >= 11 is 6.18. The Bertz CT molecular complexity index is 1140. The molecule has 0 saturated carbocycles. The molecule has 1 aliphatic rings. The smallest absolute Gasteiger partial charge is 0.0725 e. The fraction of sp³-hybridized carbons (Fsp3) is 0.280. The quantitative estimate of drug-likeness (QED) is 0.574. The van der Waals surface area contributed by atoms with Crippen molar-refractivity contribution in [1.82, 2.24) is 4.98 Å². The maximum atomic E-state index is 12.2. The van der Waals surface area contributed by atoms with Crippen molar-refractivity contribution in [2.75, 3.05) is 0 Å². The van der Waals surface area contributed by atoms with Gasteiger partial charge in [-0.2, -0.15) is 0 Å². The summed E-state index contributed by atoms with van der Waals surface area (Å²) in [5, 5.41) is 13.5. The second kappa shape index (κ2) is 7.31. The summed E-state index contributed by atoms with van der Waals surface area (Å²) in [6.07, 6.45) is 3.59. The summed E-state index contributed by atoms with van der Waals surface area (Å²) in [7, 11) is 0. The standard InChI is InChI=1S/C25H24ClNO2/c1-25(2,3)17-13-16(11-15-7-6-8-18(26)12-15)23-20(14-17)22(24(28)29)19-9-4-5-10-21(19)27-23/h4-12,17H,13-14H2,1-3H3,(H,28,29)/p-1/b16-11+/t17-/m0/s1. The number of hydrogen-bond donors (Lipinski definition) is 0. The second-order valence-electron chi connectivity index (χ2n) is 8.81. The lowest BCUT2D eigenvalue weighted by molar-refractivity contribution is -0.254. The van der Waals surface area contributed by atoms with Crippen LogP contribution in [-0.2, 0) is 6.42 Å². The van der Waals surface area contributed by atoms with E-state index < -0.39 is 5.97 Å². The Morgan fingerprint density at radius 1 is 1.14 bits per heavy atom. The van der Waals surface area contributed by atoms with Gasteiger partial charge in [0.25, 0.3) is 0 Å². The van der Waals surface area contributed by atoms with E-state index in [0.29, 0.717) is 28.3 Å². The predicted octanol–water partition coefficient (Wildman–Crippen LogP) is 5.40. The number of allylic oxidation sites excluding steroid dienone is 1. The van der Waals surface area contributed by atoms with E-state index in [1.807, 2.05) is 48.5 Å². The van der Waals surface area contributed by atoms with Crippen LogP contribution in [-0.4, -0.2) is 11.0 Å². The molecule has 1 heterocycles. The van der Waals surface area contributed by atoms with E-state index in [9.17, 15) is 9.90 Å². The molecule has 0 fully saturated rings. The summed E-state index contributed by atoms with van der Waals surface area (Å²) in [6.45, 7) is 6.60. The number of carbonyl (C=O) groups is 1. The Kier molecular flexibility index (Phi) is 4.95. The fourth-order valence-corrected chi connectivity index (χ4v) is 4.37. The Balaban J connectivity index is 2.00. The number of rotatable bonds is 2. The van der Waals surface area contributed by atoms with Crippen LogP contribution in [0.1, 0.15) is 54.4 Å². The average Bonchev–Trinajstić information content (AvgIpc) is 2.65. The maximum absolute atomic E-state index is 12.2. The molecule has 148 valence electrons. The molecule has 1 atom stereocenters. The molecule has 0 N–H and O–H groups in total. The van der Waals surface area contributed by atoms with Gasteiger partial charge in [-0.3, -0.25) is 0 Å². The number of benzene rings is 2. The number of carboxylic acid groups (broad SMARTS) is 1. The van der Waals surface area contributed by atoms with Crippen molar-refractivity contribution in [3.63, 3.8) is 0 Å². The predicted molar refractivity (Wildman–Crippen MR) is 117 cm³/mol. The van der Waals surface area contributed by atoms with Crippen molar-refractivity contribution in [2.45, 2.75) is 33.6 Å². The minimum absolute atomic E-state index is 0.0277. The van der Waals surface area contributed by atoms with E-state index in [1.165, 1.54) is 0 Å². The first kappa shape index (κ1) is 19.7. The Morgan fingerprint density at radius 2 is 1.90 bits per heavy atom. The molecule has 0 bridgehead atoms. The van der Waals surface area contributed by atoms with Crippen molar-refractivity contribution < 1.29 is 9.90 Å². The van der Waals surface area contributed by atoms with Crippen molar-refractivity contribution in [3.05, 3.63) is 75.9 Å². The van der Waals surface area contributed by atoms with Gasteiger partial charge in [0.15, 0.2) is 0 Å². The number of para-hydroxylation sites is 1. The number of carbonyl (C=O) groups excluding carboxylic acids is 1. The van der Waals surface area contributed by atoms with Gasteiger partial charge in [-0.25, -0.2) is 4.98 Å². The molecule has 0 saturated heterocycles. The third-order valence-corrected chi connectivity index (χ3v) is 6.07. The number of carboxylic acids is 1. The van der Waals surface area contributed by atoms with Gasteiger partial charge in [0, 0.05) is 16.0 Å². The molecule has 1 aromatic heterocycles. The number of halogens is 1. The van der Waals surface area contributed by atoms with E-state index >= 15 is 0 Å². The van der Waals surface area contributed by atoms with Crippen molar-refractivity contribution in [2.24, 2.45) is 11.3 Å². The first-order chi connectivity index (χ1) is 13.7. The van der Waals surface area contributed by atoms with E-state index in [0.717, 1.165) is 28.8 Å². The van der Waals surface area contributed by atoms with Crippen LogP contribution < -0.4 is 5.11 Å². The summed E-state index contributed by atoms with van der Waals surface area (Å²) in [5.41, 5.74) is 4.55. The Labute approximate surface area is 176 Å². The number of pyridine rings is 1. The number of fused-ring (bicyclic) bond motifs is 2. The van der Waals surface area contributed by atoms with Crippen LogP contribution >= 0.6 is 11.6 Å². The second-order valence-corrected chi connectivity index (χ2v) is 9.25. The SMILES string of the molecule is CC(C)(C)[C@H]1C/C(=C\c2cccc(Cl)c2)c2nc3ccccc3c(C(=O)[O-])c2C1. The summed E-state index contributed by atoms with van der Waals surface area (Å²) in [6, 6.07) is 15.1. The van der Waals surface area contributed by atoms with Crippen LogP contribution in [0.15, 0.2) is 48.5 Å². The third-order valence-electron chi connectivity index (χ3n) is 5.83. The lowest BCUT2D eigenvalue weighted by Crippen LogP contribution is -2.31. The molecule has 0 amide bonds. The molecule has 0 aliphatic heterocycles. The fourth-order valence-electron chi connectivity index (χ4n) is 4.17. The molecule has 0 spiro atoms.